The van der Waals surface area contributed by atoms with Crippen molar-refractivity contribution >= 4 is 172 Å². The van der Waals surface area contributed by atoms with Crippen LogP contribution >= 0.6 is 0 Å². The van der Waals surface area contributed by atoms with Crippen molar-refractivity contribution in [2.75, 3.05) is 29.4 Å². The van der Waals surface area contributed by atoms with Gasteiger partial charge < -0.3 is 29.4 Å². The van der Waals surface area contributed by atoms with Crippen LogP contribution in [0.3, 0.4) is 0 Å². The molecule has 6 aliphatic heterocycles. The van der Waals surface area contributed by atoms with E-state index in [0.717, 1.165) is 17.1 Å². The van der Waals surface area contributed by atoms with Crippen molar-refractivity contribution in [1.82, 2.24) is 0 Å². The average Bonchev–Trinajstić information content (AvgIpc) is 0.706. The van der Waals surface area contributed by atoms with Crippen molar-refractivity contribution in [2.45, 2.75) is 86.0 Å². The Bertz CT molecular complexity index is 8510. The lowest BCUT2D eigenvalue weighted by molar-refractivity contribution is 0.866. The number of para-hydroxylation sites is 5. The van der Waals surface area contributed by atoms with Gasteiger partial charge in [0.15, 0.2) is 0 Å². The maximum atomic E-state index is 2.50. The van der Waals surface area contributed by atoms with E-state index in [2.05, 4.69) is 589 Å². The van der Waals surface area contributed by atoms with E-state index in [-0.39, 0.29) is 20.1 Å². The topological polar surface area (TPSA) is 19.4 Å². The predicted octanol–water partition coefficient (Wildman–Crippen LogP) is 32.1. The van der Waals surface area contributed by atoms with Crippen LogP contribution in [0, 0.1) is 6.92 Å². The van der Waals surface area contributed by atoms with Crippen LogP contribution in [-0.4, -0.2) is 20.1 Å². The van der Waals surface area contributed by atoms with E-state index >= 15 is 0 Å². The number of benzene rings is 21. The van der Waals surface area contributed by atoms with Crippen LogP contribution < -0.4 is 78.6 Å². The van der Waals surface area contributed by atoms with E-state index in [1.165, 1.54) is 229 Å². The molecule has 0 aliphatic carbocycles. The molecule has 0 radical (unpaired) electrons. The van der Waals surface area contributed by atoms with Crippen LogP contribution in [-0.2, 0) is 0 Å². The Labute approximate surface area is 872 Å². The Morgan fingerprint density at radius 1 is 0.142 bits per heavy atom. The Balaban J connectivity index is 0.000000116. The first-order chi connectivity index (χ1) is 72.7. The van der Waals surface area contributed by atoms with Gasteiger partial charge in [0, 0.05) is 102 Å². The molecule has 6 nitrogen and oxygen atoms in total. The van der Waals surface area contributed by atoms with Gasteiger partial charge in [0.05, 0.1) is 0 Å². The Hall–Kier alpha value is -17.4. The fourth-order valence-electron chi connectivity index (χ4n) is 23.6. The third-order valence-corrected chi connectivity index (χ3v) is 31.3. The molecule has 9 heteroatoms. The summed E-state index contributed by atoms with van der Waals surface area (Å²) in [4.78, 5) is 14.8. The Morgan fingerprint density at radius 3 is 0.574 bits per heavy atom. The molecule has 0 amide bonds. The van der Waals surface area contributed by atoms with Gasteiger partial charge in [-0.25, -0.2) is 0 Å². The fourth-order valence-corrected chi connectivity index (χ4v) is 23.6. The van der Waals surface area contributed by atoms with Crippen molar-refractivity contribution in [3.63, 3.8) is 0 Å². The lowest BCUT2D eigenvalue weighted by Gasteiger charge is -2.44. The highest BCUT2D eigenvalue weighted by Gasteiger charge is 2.48. The van der Waals surface area contributed by atoms with Gasteiger partial charge in [-0.2, -0.15) is 0 Å². The largest absolute Gasteiger partial charge is 0.311 e. The number of nitrogens with zero attached hydrogens (tertiary/aromatic N) is 6. The standard InChI is InChI=1S/C51H47BN2.C45H35BN2.C43H31BN2/c1-33(2)36-14-18-39(19-15-36)40-24-29-44(30-25-40)54-48-31-26-42(41-20-16-37(17-21-41)34(3)4)32-46(48)52-45-10-7-8-11-47(45)53(49-12-9-13-50(54)51(49)52)43-27-22-38(23-28-43)35(5)6;1-31(2)32-20-22-35(23-21-32)36-26-29-42-40(30-36)46-39-16-9-10-17-41(39)47(37-14-7-4-8-15-37)43-18-11-19-44(45(43)46)48(42)38-27-24-34(25-28-38)33-12-5-3-6-13-33;1-30-19-21-33(22-20-30)34-25-28-40-38(29-34)44-37-15-8-9-16-39(37)45(35-13-6-3-7-14-35)41-17-10-18-42(43(41)44)46(40)36-26-23-32(24-27-36)31-11-4-2-5-12-31/h7-35H,1-6H3;3-31H,1-2H3;2-29H,1H3. The number of fused-ring (bicyclic) bond motifs is 12. The molecule has 0 saturated heterocycles. The van der Waals surface area contributed by atoms with E-state index in [9.17, 15) is 0 Å². The third kappa shape index (κ3) is 16.5. The average molecular weight is 1900 g/mol. The maximum Gasteiger partial charge on any atom is 0.252 e. The van der Waals surface area contributed by atoms with Gasteiger partial charge in [-0.3, -0.25) is 0 Å². The van der Waals surface area contributed by atoms with Crippen molar-refractivity contribution in [3.8, 4) is 66.8 Å². The second-order valence-corrected chi connectivity index (χ2v) is 41.4. The van der Waals surface area contributed by atoms with Crippen LogP contribution in [0.15, 0.2) is 497 Å². The summed E-state index contributed by atoms with van der Waals surface area (Å²) in [5.41, 5.74) is 55.2. The molecule has 0 spiro atoms. The summed E-state index contributed by atoms with van der Waals surface area (Å²) in [6.07, 6.45) is 0. The summed E-state index contributed by atoms with van der Waals surface area (Å²) in [5.74, 6) is 2.00. The van der Waals surface area contributed by atoms with Crippen LogP contribution in [0.5, 0.6) is 0 Å². The normalized spacial score (nSPS) is 12.9. The van der Waals surface area contributed by atoms with Gasteiger partial charge in [-0.15, -0.1) is 0 Å². The molecule has 21 aromatic rings. The molecule has 27 rings (SSSR count). The molecule has 148 heavy (non-hydrogen) atoms. The van der Waals surface area contributed by atoms with Crippen LogP contribution in [0.25, 0.3) is 66.8 Å². The lowest BCUT2D eigenvalue weighted by Crippen LogP contribution is -2.61. The highest BCUT2D eigenvalue weighted by molar-refractivity contribution is 7.02. The first kappa shape index (κ1) is 91.8. The van der Waals surface area contributed by atoms with Gasteiger partial charge in [0.2, 0.25) is 0 Å². The second kappa shape index (κ2) is 38.6. The molecule has 0 N–H and O–H groups in total. The molecule has 0 saturated carbocycles. The molecule has 0 atom stereocenters. The minimum atomic E-state index is 0.0819. The number of hydrogen-bond acceptors (Lipinski definition) is 6. The number of aryl methyl sites for hydroxylation is 1. The van der Waals surface area contributed by atoms with E-state index in [0.29, 0.717) is 23.7 Å². The minimum Gasteiger partial charge on any atom is -0.311 e. The molecule has 6 heterocycles. The van der Waals surface area contributed by atoms with Gasteiger partial charge in [0.1, 0.15) is 0 Å². The van der Waals surface area contributed by atoms with Gasteiger partial charge in [0.25, 0.3) is 20.1 Å². The summed E-state index contributed by atoms with van der Waals surface area (Å²) < 4.78 is 0. The first-order valence-electron chi connectivity index (χ1n) is 52.5. The van der Waals surface area contributed by atoms with Crippen LogP contribution in [0.2, 0.25) is 0 Å². The Kier molecular flexibility index (Phi) is 24.0. The van der Waals surface area contributed by atoms with E-state index in [1.807, 2.05) is 0 Å². The summed E-state index contributed by atoms with van der Waals surface area (Å²) in [6.45, 7) is 20.5. The third-order valence-electron chi connectivity index (χ3n) is 31.3. The molecule has 0 fully saturated rings. The zero-order valence-electron chi connectivity index (χ0n) is 85.1. The van der Waals surface area contributed by atoms with Crippen molar-refractivity contribution < 1.29 is 0 Å². The van der Waals surface area contributed by atoms with Crippen molar-refractivity contribution in [1.29, 1.82) is 0 Å². The molecule has 0 aromatic heterocycles. The molecule has 6 aliphatic rings. The molecular weight excluding hydrogens is 1790 g/mol. The zero-order chi connectivity index (χ0) is 99.9. The number of hydrogen-bond donors (Lipinski definition) is 0. The minimum absolute atomic E-state index is 0.0819. The maximum absolute atomic E-state index is 2.50. The number of anilines is 18. The molecule has 0 bridgehead atoms. The van der Waals surface area contributed by atoms with E-state index < -0.39 is 0 Å². The quantitative estimate of drug-likeness (QED) is 0.0892. The second-order valence-electron chi connectivity index (χ2n) is 41.4. The van der Waals surface area contributed by atoms with Gasteiger partial charge >= 0.3 is 0 Å². The highest BCUT2D eigenvalue weighted by Crippen LogP contribution is 2.51. The first-order valence-corrected chi connectivity index (χ1v) is 52.5. The predicted molar refractivity (Wildman–Crippen MR) is 635 cm³/mol. The molecule has 0 unspecified atom stereocenters. The van der Waals surface area contributed by atoms with Gasteiger partial charge in [-0.1, -0.05) is 413 Å². The highest BCUT2D eigenvalue weighted by atomic mass is 15.2. The number of rotatable bonds is 16. The van der Waals surface area contributed by atoms with Crippen LogP contribution in [0.1, 0.15) is 107 Å². The zero-order valence-corrected chi connectivity index (χ0v) is 85.1. The van der Waals surface area contributed by atoms with Gasteiger partial charge in [-0.05, 0) is 314 Å². The monoisotopic (exact) mass is 1900 g/mol. The molecule has 708 valence electrons. The van der Waals surface area contributed by atoms with Crippen LogP contribution in [0.4, 0.5) is 102 Å². The summed E-state index contributed by atoms with van der Waals surface area (Å²) >= 11 is 0. The summed E-state index contributed by atoms with van der Waals surface area (Å²) in [7, 11) is 0. The van der Waals surface area contributed by atoms with E-state index in [1.54, 1.807) is 0 Å². The van der Waals surface area contributed by atoms with E-state index in [4.69, 9.17) is 0 Å². The summed E-state index contributed by atoms with van der Waals surface area (Å²) in [5, 5.41) is 0. The lowest BCUT2D eigenvalue weighted by atomic mass is 9.33. The molecule has 21 aromatic carbocycles. The fraction of sp³-hybridized carbons (Fsp3) is 0.0935. The SMILES string of the molecule is CC(C)c1ccc(-c2ccc(N3c4ccc(-c5ccc(C(C)C)cc5)cc4B4c5ccccc5N(c5ccc(C(C)C)cc5)c5cccc3c54)cc2)cc1.CC(C)c1ccc(-c2ccc3c(c2)B2c4ccccc4N(c4ccccc4)c4cccc(c42)N3c2ccc(-c3ccccc3)cc2)cc1.Cc1ccc(-c2ccc3c(c2)B2c4ccccc4N(c4ccccc4)c4cccc(c42)N3c2ccc(-c3ccccc3)cc2)cc1. The van der Waals surface area contributed by atoms with Crippen molar-refractivity contribution in [3.05, 3.63) is 525 Å². The summed E-state index contributed by atoms with van der Waals surface area (Å²) in [6, 6.07) is 184. The Morgan fingerprint density at radius 2 is 0.318 bits per heavy atom. The molecular formula is C139H113B3N6. The smallest absolute Gasteiger partial charge is 0.252 e. The van der Waals surface area contributed by atoms with Crippen molar-refractivity contribution in [2.24, 2.45) is 0 Å².